The van der Waals surface area contributed by atoms with E-state index >= 15 is 0 Å². The maximum absolute atomic E-state index is 13.3. The average Bonchev–Trinajstić information content (AvgIpc) is 2.44. The summed E-state index contributed by atoms with van der Waals surface area (Å²) in [7, 11) is 0. The van der Waals surface area contributed by atoms with Gasteiger partial charge in [0.25, 0.3) is 5.91 Å². The summed E-state index contributed by atoms with van der Waals surface area (Å²) < 4.78 is 13.3. The molecule has 1 fully saturated rings. The van der Waals surface area contributed by atoms with Gasteiger partial charge in [-0.1, -0.05) is 13.8 Å². The van der Waals surface area contributed by atoms with Gasteiger partial charge in [-0.2, -0.15) is 0 Å². The molecule has 1 aliphatic rings. The molecule has 2 unspecified atom stereocenters. The first-order chi connectivity index (χ1) is 10.4. The van der Waals surface area contributed by atoms with Crippen molar-refractivity contribution in [2.45, 2.75) is 27.2 Å². The Balaban J connectivity index is 1.96. The first kappa shape index (κ1) is 14.9. The van der Waals surface area contributed by atoms with Crippen LogP contribution in [0.3, 0.4) is 0 Å². The fourth-order valence-corrected chi connectivity index (χ4v) is 3.45. The van der Waals surface area contributed by atoms with Crippen LogP contribution in [0, 0.1) is 24.6 Å². The fourth-order valence-electron chi connectivity index (χ4n) is 3.45. The molecular weight excluding hydrogens is 279 g/mol. The van der Waals surface area contributed by atoms with Crippen LogP contribution < -0.4 is 0 Å². The predicted molar refractivity (Wildman–Crippen MR) is 85.3 cm³/mol. The number of aromatic nitrogens is 1. The Labute approximate surface area is 130 Å². The topological polar surface area (TPSA) is 33.2 Å². The second kappa shape index (κ2) is 5.67. The Morgan fingerprint density at radius 2 is 1.91 bits per heavy atom. The van der Waals surface area contributed by atoms with E-state index in [9.17, 15) is 9.18 Å². The van der Waals surface area contributed by atoms with E-state index in [0.29, 0.717) is 28.6 Å². The quantitative estimate of drug-likeness (QED) is 0.802. The number of carbonyl (C=O) groups excluding carboxylic acids is 1. The number of aryl methyl sites for hydroxylation is 1. The maximum Gasteiger partial charge on any atom is 0.255 e. The van der Waals surface area contributed by atoms with Crippen molar-refractivity contribution in [2.75, 3.05) is 13.1 Å². The molecule has 0 saturated carbocycles. The van der Waals surface area contributed by atoms with Crippen LogP contribution in [0.1, 0.15) is 36.3 Å². The molecule has 1 aromatic carbocycles. The number of hydrogen-bond donors (Lipinski definition) is 0. The highest BCUT2D eigenvalue weighted by molar-refractivity contribution is 5.98. The number of amides is 1. The third kappa shape index (κ3) is 2.82. The Bertz CT molecular complexity index is 718. The number of piperidine rings is 1. The number of carbonyl (C=O) groups is 1. The fraction of sp³-hybridized carbons (Fsp3) is 0.444. The minimum absolute atomic E-state index is 0.0367. The highest BCUT2D eigenvalue weighted by Crippen LogP contribution is 2.24. The van der Waals surface area contributed by atoms with Crippen LogP contribution in [0.25, 0.3) is 10.9 Å². The van der Waals surface area contributed by atoms with E-state index in [0.717, 1.165) is 24.9 Å². The van der Waals surface area contributed by atoms with Crippen LogP contribution in [0.15, 0.2) is 24.3 Å². The number of fused-ring (bicyclic) bond motifs is 1. The van der Waals surface area contributed by atoms with Gasteiger partial charge in [0.05, 0.1) is 16.8 Å². The summed E-state index contributed by atoms with van der Waals surface area (Å²) in [5, 5.41) is 0.799. The summed E-state index contributed by atoms with van der Waals surface area (Å²) >= 11 is 0. The van der Waals surface area contributed by atoms with Gasteiger partial charge in [-0.25, -0.2) is 4.39 Å². The summed E-state index contributed by atoms with van der Waals surface area (Å²) in [6.45, 7) is 7.77. The monoisotopic (exact) mass is 300 g/mol. The number of hydrogen-bond acceptors (Lipinski definition) is 2. The lowest BCUT2D eigenvalue weighted by atomic mass is 9.91. The van der Waals surface area contributed by atoms with Crippen molar-refractivity contribution in [1.82, 2.24) is 9.88 Å². The third-order valence-electron chi connectivity index (χ3n) is 4.36. The Hall–Kier alpha value is -1.97. The van der Waals surface area contributed by atoms with Crippen molar-refractivity contribution in [1.29, 1.82) is 0 Å². The Morgan fingerprint density at radius 1 is 1.23 bits per heavy atom. The summed E-state index contributed by atoms with van der Waals surface area (Å²) in [6.07, 6.45) is 1.16. The van der Waals surface area contributed by atoms with Gasteiger partial charge < -0.3 is 4.90 Å². The van der Waals surface area contributed by atoms with Crippen LogP contribution in [-0.4, -0.2) is 28.9 Å². The van der Waals surface area contributed by atoms with Gasteiger partial charge in [0, 0.05) is 24.5 Å². The SMILES string of the molecule is Cc1nc2cc(F)ccc2cc1C(=O)N1CC(C)CC(C)C1. The molecule has 2 heterocycles. The Kier molecular flexibility index (Phi) is 3.85. The number of rotatable bonds is 1. The lowest BCUT2D eigenvalue weighted by Gasteiger charge is -2.35. The van der Waals surface area contributed by atoms with E-state index in [1.165, 1.54) is 12.1 Å². The zero-order valence-electron chi connectivity index (χ0n) is 13.3. The number of nitrogens with zero attached hydrogens (tertiary/aromatic N) is 2. The summed E-state index contributed by atoms with van der Waals surface area (Å²) in [5.41, 5.74) is 1.88. The van der Waals surface area contributed by atoms with Crippen molar-refractivity contribution in [2.24, 2.45) is 11.8 Å². The van der Waals surface area contributed by atoms with Crippen molar-refractivity contribution < 1.29 is 9.18 Å². The lowest BCUT2D eigenvalue weighted by molar-refractivity contribution is 0.0622. The van der Waals surface area contributed by atoms with E-state index < -0.39 is 0 Å². The van der Waals surface area contributed by atoms with Crippen LogP contribution in [0.2, 0.25) is 0 Å². The van der Waals surface area contributed by atoms with Crippen molar-refractivity contribution in [3.63, 3.8) is 0 Å². The molecule has 4 heteroatoms. The zero-order valence-corrected chi connectivity index (χ0v) is 13.3. The smallest absolute Gasteiger partial charge is 0.255 e. The minimum atomic E-state index is -0.308. The van der Waals surface area contributed by atoms with Gasteiger partial charge in [-0.15, -0.1) is 0 Å². The van der Waals surface area contributed by atoms with Crippen LogP contribution in [-0.2, 0) is 0 Å². The number of pyridine rings is 1. The molecule has 2 aromatic rings. The van der Waals surface area contributed by atoms with Gasteiger partial charge in [-0.05, 0) is 43.4 Å². The molecule has 1 aliphatic heterocycles. The molecule has 3 nitrogen and oxygen atoms in total. The lowest BCUT2D eigenvalue weighted by Crippen LogP contribution is -2.42. The number of benzene rings is 1. The molecule has 0 radical (unpaired) electrons. The van der Waals surface area contributed by atoms with Crippen molar-refractivity contribution in [3.05, 3.63) is 41.3 Å². The molecule has 2 atom stereocenters. The highest BCUT2D eigenvalue weighted by atomic mass is 19.1. The highest BCUT2D eigenvalue weighted by Gasteiger charge is 2.27. The van der Waals surface area contributed by atoms with Gasteiger partial charge >= 0.3 is 0 Å². The molecular formula is C18H21FN2O. The maximum atomic E-state index is 13.3. The standard InChI is InChI=1S/C18H21FN2O/c1-11-6-12(2)10-21(9-11)18(22)16-7-14-4-5-15(19)8-17(14)20-13(16)3/h4-5,7-8,11-12H,6,9-10H2,1-3H3. The molecule has 22 heavy (non-hydrogen) atoms. The first-order valence-electron chi connectivity index (χ1n) is 7.80. The molecule has 1 aromatic heterocycles. The molecule has 1 amide bonds. The molecule has 0 bridgehead atoms. The van der Waals surface area contributed by atoms with E-state index in [4.69, 9.17) is 0 Å². The normalized spacial score (nSPS) is 22.1. The largest absolute Gasteiger partial charge is 0.338 e. The van der Waals surface area contributed by atoms with Gasteiger partial charge in [0.2, 0.25) is 0 Å². The average molecular weight is 300 g/mol. The second-order valence-corrected chi connectivity index (χ2v) is 6.61. The van der Waals surface area contributed by atoms with E-state index in [1.807, 2.05) is 17.9 Å². The second-order valence-electron chi connectivity index (χ2n) is 6.61. The zero-order chi connectivity index (χ0) is 15.9. The molecule has 116 valence electrons. The van der Waals surface area contributed by atoms with Gasteiger partial charge in [0.15, 0.2) is 0 Å². The van der Waals surface area contributed by atoms with Crippen LogP contribution in [0.5, 0.6) is 0 Å². The summed E-state index contributed by atoms with van der Waals surface area (Å²) in [6, 6.07) is 6.32. The number of halogens is 1. The van der Waals surface area contributed by atoms with Gasteiger partial charge in [-0.3, -0.25) is 9.78 Å². The Morgan fingerprint density at radius 3 is 2.59 bits per heavy atom. The van der Waals surface area contributed by atoms with E-state index in [1.54, 1.807) is 6.07 Å². The molecule has 0 aliphatic carbocycles. The molecule has 3 rings (SSSR count). The molecule has 1 saturated heterocycles. The summed E-state index contributed by atoms with van der Waals surface area (Å²) in [4.78, 5) is 19.2. The van der Waals surface area contributed by atoms with Crippen LogP contribution >= 0.6 is 0 Å². The predicted octanol–water partition coefficient (Wildman–Crippen LogP) is 3.80. The first-order valence-corrected chi connectivity index (χ1v) is 7.80. The van der Waals surface area contributed by atoms with Crippen molar-refractivity contribution >= 4 is 16.8 Å². The van der Waals surface area contributed by atoms with Crippen molar-refractivity contribution in [3.8, 4) is 0 Å². The molecule has 0 spiro atoms. The van der Waals surface area contributed by atoms with Crippen LogP contribution in [0.4, 0.5) is 4.39 Å². The van der Waals surface area contributed by atoms with E-state index in [2.05, 4.69) is 18.8 Å². The molecule has 0 N–H and O–H groups in total. The number of likely N-dealkylation sites (tertiary alicyclic amines) is 1. The summed E-state index contributed by atoms with van der Waals surface area (Å²) in [5.74, 6) is 0.776. The van der Waals surface area contributed by atoms with E-state index in [-0.39, 0.29) is 11.7 Å². The third-order valence-corrected chi connectivity index (χ3v) is 4.36. The van der Waals surface area contributed by atoms with Gasteiger partial charge in [0.1, 0.15) is 5.82 Å². The minimum Gasteiger partial charge on any atom is -0.338 e.